The summed E-state index contributed by atoms with van der Waals surface area (Å²) in [5.41, 5.74) is 2.32. The Balaban J connectivity index is 1.59. The molecular weight excluding hydrogens is 382 g/mol. The maximum Gasteiger partial charge on any atom is 0.265 e. The van der Waals surface area contributed by atoms with Crippen LogP contribution in [-0.2, 0) is 6.54 Å². The lowest BCUT2D eigenvalue weighted by Gasteiger charge is -2.08. The van der Waals surface area contributed by atoms with Crippen molar-refractivity contribution in [2.45, 2.75) is 13.5 Å². The van der Waals surface area contributed by atoms with Crippen molar-refractivity contribution in [1.29, 1.82) is 0 Å². The fourth-order valence-electron chi connectivity index (χ4n) is 3.66. The van der Waals surface area contributed by atoms with E-state index in [1.54, 1.807) is 16.8 Å². The Bertz CT molecular complexity index is 1470. The van der Waals surface area contributed by atoms with E-state index in [9.17, 15) is 9.59 Å². The minimum atomic E-state index is -0.241. The number of para-hydroxylation sites is 2. The summed E-state index contributed by atoms with van der Waals surface area (Å²) in [6.07, 6.45) is 1.65. The van der Waals surface area contributed by atoms with Crippen molar-refractivity contribution in [3.63, 3.8) is 0 Å². The van der Waals surface area contributed by atoms with E-state index >= 15 is 0 Å². The van der Waals surface area contributed by atoms with Crippen LogP contribution in [-0.4, -0.2) is 15.5 Å². The molecule has 1 N–H and O–H groups in total. The quantitative estimate of drug-likeness (QED) is 0.462. The third-order valence-corrected chi connectivity index (χ3v) is 6.20. The van der Waals surface area contributed by atoms with E-state index in [1.807, 2.05) is 61.5 Å². The van der Waals surface area contributed by atoms with Gasteiger partial charge in [-0.25, -0.2) is 0 Å². The van der Waals surface area contributed by atoms with Crippen molar-refractivity contribution in [3.05, 3.63) is 82.1 Å². The topological polar surface area (TPSA) is 64.0 Å². The summed E-state index contributed by atoms with van der Waals surface area (Å²) in [5, 5.41) is 5.43. The molecule has 0 radical (unpaired) electrons. The van der Waals surface area contributed by atoms with Crippen LogP contribution in [0, 0.1) is 0 Å². The van der Waals surface area contributed by atoms with E-state index in [4.69, 9.17) is 0 Å². The molecule has 3 aromatic heterocycles. The van der Waals surface area contributed by atoms with Gasteiger partial charge in [-0.05, 0) is 31.2 Å². The molecule has 3 heterocycles. The third kappa shape index (κ3) is 2.89. The molecule has 0 saturated carbocycles. The molecule has 0 bridgehead atoms. The molecule has 5 nitrogen and oxygen atoms in total. The summed E-state index contributed by atoms with van der Waals surface area (Å²) in [6, 6.07) is 19.2. The average Bonchev–Trinajstić information content (AvgIpc) is 3.20. The fraction of sp³-hybridized carbons (Fsp3) is 0.0870. The molecule has 6 heteroatoms. The van der Waals surface area contributed by atoms with Gasteiger partial charge in [-0.15, -0.1) is 11.3 Å². The van der Waals surface area contributed by atoms with Crippen LogP contribution >= 0.6 is 11.3 Å². The van der Waals surface area contributed by atoms with Crippen LogP contribution in [0.5, 0.6) is 0 Å². The molecule has 0 aliphatic heterocycles. The van der Waals surface area contributed by atoms with Gasteiger partial charge in [0.2, 0.25) is 0 Å². The zero-order valence-corrected chi connectivity index (χ0v) is 16.5. The van der Waals surface area contributed by atoms with E-state index in [0.717, 1.165) is 26.5 Å². The molecule has 0 aliphatic carbocycles. The molecule has 0 saturated heterocycles. The van der Waals surface area contributed by atoms with Crippen molar-refractivity contribution >= 4 is 54.8 Å². The Morgan fingerprint density at radius 3 is 2.72 bits per heavy atom. The molecule has 0 unspecified atom stereocenters. The summed E-state index contributed by atoms with van der Waals surface area (Å²) in [7, 11) is 0. The fourth-order valence-corrected chi connectivity index (χ4v) is 4.74. The monoisotopic (exact) mass is 399 g/mol. The summed E-state index contributed by atoms with van der Waals surface area (Å²) in [6.45, 7) is 2.53. The maximum atomic E-state index is 12.9. The predicted molar refractivity (Wildman–Crippen MR) is 119 cm³/mol. The molecule has 29 heavy (non-hydrogen) atoms. The first kappa shape index (κ1) is 17.6. The standard InChI is InChI=1S/C23H17N3O2S/c1-2-26-19-10-6-4-8-16(19)21-17(23(26)28)12-20(29-21)22(27)25-15-11-14-7-3-5-9-18(14)24-13-15/h3-13H,2H2,1H3,(H,25,27). The lowest BCUT2D eigenvalue weighted by atomic mass is 10.1. The smallest absolute Gasteiger partial charge is 0.265 e. The summed E-state index contributed by atoms with van der Waals surface area (Å²) in [5.74, 6) is -0.241. The summed E-state index contributed by atoms with van der Waals surface area (Å²) >= 11 is 1.35. The lowest BCUT2D eigenvalue weighted by Crippen LogP contribution is -2.19. The van der Waals surface area contributed by atoms with Crippen molar-refractivity contribution in [3.8, 4) is 0 Å². The van der Waals surface area contributed by atoms with Crippen LogP contribution in [0.25, 0.3) is 31.9 Å². The predicted octanol–water partition coefficient (Wildman–Crippen LogP) is 5.04. The third-order valence-electron chi connectivity index (χ3n) is 5.04. The van der Waals surface area contributed by atoms with Gasteiger partial charge < -0.3 is 9.88 Å². The normalized spacial score (nSPS) is 11.3. The average molecular weight is 399 g/mol. The number of aromatic nitrogens is 2. The second-order valence-corrected chi connectivity index (χ2v) is 7.84. The van der Waals surface area contributed by atoms with Crippen LogP contribution in [0.15, 0.2) is 71.7 Å². The summed E-state index contributed by atoms with van der Waals surface area (Å²) < 4.78 is 2.59. The minimum Gasteiger partial charge on any atom is -0.320 e. The number of nitrogens with zero attached hydrogens (tertiary/aromatic N) is 2. The highest BCUT2D eigenvalue weighted by atomic mass is 32.1. The van der Waals surface area contributed by atoms with Crippen molar-refractivity contribution in [1.82, 2.24) is 9.55 Å². The molecular formula is C23H17N3O2S. The number of carbonyl (C=O) groups is 1. The number of nitrogens with one attached hydrogen (secondary N) is 1. The van der Waals surface area contributed by atoms with Crippen LogP contribution in [0.1, 0.15) is 16.6 Å². The zero-order chi connectivity index (χ0) is 20.0. The Labute approximate surface area is 170 Å². The second-order valence-electron chi connectivity index (χ2n) is 6.79. The van der Waals surface area contributed by atoms with Gasteiger partial charge in [0.15, 0.2) is 0 Å². The number of aryl methyl sites for hydroxylation is 1. The Morgan fingerprint density at radius 2 is 1.86 bits per heavy atom. The first-order valence-corrected chi connectivity index (χ1v) is 10.2. The van der Waals surface area contributed by atoms with E-state index in [0.29, 0.717) is 22.5 Å². The zero-order valence-electron chi connectivity index (χ0n) is 15.7. The highest BCUT2D eigenvalue weighted by molar-refractivity contribution is 7.21. The molecule has 0 aliphatic rings. The highest BCUT2D eigenvalue weighted by Gasteiger charge is 2.17. The van der Waals surface area contributed by atoms with Crippen LogP contribution in [0.4, 0.5) is 5.69 Å². The van der Waals surface area contributed by atoms with Crippen LogP contribution in [0.2, 0.25) is 0 Å². The van der Waals surface area contributed by atoms with Gasteiger partial charge in [-0.3, -0.25) is 14.6 Å². The minimum absolute atomic E-state index is 0.0659. The summed E-state index contributed by atoms with van der Waals surface area (Å²) in [4.78, 5) is 30.7. The van der Waals surface area contributed by atoms with Crippen molar-refractivity contribution in [2.75, 3.05) is 5.32 Å². The van der Waals surface area contributed by atoms with Crippen LogP contribution in [0.3, 0.4) is 0 Å². The number of anilines is 1. The lowest BCUT2D eigenvalue weighted by molar-refractivity contribution is 0.103. The van der Waals surface area contributed by atoms with Gasteiger partial charge in [-0.2, -0.15) is 0 Å². The van der Waals surface area contributed by atoms with Crippen LogP contribution < -0.4 is 10.9 Å². The van der Waals surface area contributed by atoms with Crippen molar-refractivity contribution < 1.29 is 4.79 Å². The Morgan fingerprint density at radius 1 is 1.07 bits per heavy atom. The molecule has 5 rings (SSSR count). The first-order valence-electron chi connectivity index (χ1n) is 9.37. The number of hydrogen-bond acceptors (Lipinski definition) is 4. The SMILES string of the molecule is CCn1c(=O)c2cc(C(=O)Nc3cnc4ccccc4c3)sc2c2ccccc21. The number of rotatable bonds is 3. The van der Waals surface area contributed by atoms with E-state index in [1.165, 1.54) is 11.3 Å². The largest absolute Gasteiger partial charge is 0.320 e. The van der Waals surface area contributed by atoms with Gasteiger partial charge in [0.1, 0.15) is 0 Å². The Hall–Kier alpha value is -3.51. The molecule has 1 amide bonds. The molecule has 2 aromatic carbocycles. The second kappa shape index (κ2) is 6.83. The molecule has 142 valence electrons. The number of fused-ring (bicyclic) bond motifs is 4. The van der Waals surface area contributed by atoms with Gasteiger partial charge in [0, 0.05) is 22.0 Å². The number of hydrogen-bond donors (Lipinski definition) is 1. The molecule has 0 fully saturated rings. The molecule has 0 atom stereocenters. The number of thiophene rings is 1. The number of benzene rings is 2. The Kier molecular flexibility index (Phi) is 4.14. The first-order chi connectivity index (χ1) is 14.2. The molecule has 0 spiro atoms. The molecule has 5 aromatic rings. The highest BCUT2D eigenvalue weighted by Crippen LogP contribution is 2.31. The van der Waals surface area contributed by atoms with Gasteiger partial charge in [0.05, 0.1) is 33.2 Å². The van der Waals surface area contributed by atoms with Crippen molar-refractivity contribution in [2.24, 2.45) is 0 Å². The number of pyridine rings is 2. The van der Waals surface area contributed by atoms with E-state index in [-0.39, 0.29) is 11.5 Å². The van der Waals surface area contributed by atoms with Gasteiger partial charge in [0.25, 0.3) is 11.5 Å². The van der Waals surface area contributed by atoms with E-state index in [2.05, 4.69) is 10.3 Å². The number of carbonyl (C=O) groups excluding carboxylic acids is 1. The number of amides is 1. The van der Waals surface area contributed by atoms with Gasteiger partial charge in [-0.1, -0.05) is 36.4 Å². The van der Waals surface area contributed by atoms with Gasteiger partial charge >= 0.3 is 0 Å². The maximum absolute atomic E-state index is 12.9. The van der Waals surface area contributed by atoms with E-state index < -0.39 is 0 Å².